The molecule has 1 saturated heterocycles. The van der Waals surface area contributed by atoms with E-state index in [1.54, 1.807) is 0 Å². The van der Waals surface area contributed by atoms with Crippen LogP contribution in [0.5, 0.6) is 17.2 Å². The number of aryl methyl sites for hydroxylation is 2. The van der Waals surface area contributed by atoms with Crippen molar-refractivity contribution in [1.29, 1.82) is 0 Å². The number of carbonyl (C=O) groups is 1. The number of aromatic nitrogens is 2. The van der Waals surface area contributed by atoms with Gasteiger partial charge in [-0.3, -0.25) is 4.79 Å². The molecule has 0 saturated carbocycles. The minimum absolute atomic E-state index is 0.0353. The normalized spacial score (nSPS) is 17.1. The van der Waals surface area contributed by atoms with Crippen LogP contribution in [0.2, 0.25) is 0 Å². The van der Waals surface area contributed by atoms with Gasteiger partial charge in [-0.1, -0.05) is 30.0 Å². The number of rotatable bonds is 7. The number of likely N-dealkylation sites (tertiary alicyclic amines) is 1. The number of benzene rings is 2. The Hall–Kier alpha value is -3.20. The number of fused-ring (bicyclic) bond motifs is 1. The lowest BCUT2D eigenvalue weighted by Crippen LogP contribution is -2.32. The van der Waals surface area contributed by atoms with E-state index in [1.807, 2.05) is 55.1 Å². The summed E-state index contributed by atoms with van der Waals surface area (Å²) < 4.78 is 22.8. The average molecular weight is 482 g/mol. The van der Waals surface area contributed by atoms with Gasteiger partial charge >= 0.3 is 0 Å². The highest BCUT2D eigenvalue weighted by atomic mass is 32.2. The Morgan fingerprint density at radius 1 is 1.12 bits per heavy atom. The first-order valence-electron chi connectivity index (χ1n) is 11.4. The number of hydrogen-bond acceptors (Lipinski definition) is 8. The lowest BCUT2D eigenvalue weighted by molar-refractivity contribution is -0.129. The molecule has 1 fully saturated rings. The van der Waals surface area contributed by atoms with E-state index in [0.717, 1.165) is 53.3 Å². The summed E-state index contributed by atoms with van der Waals surface area (Å²) in [5, 5.41) is 8.47. The molecule has 2 aliphatic rings. The van der Waals surface area contributed by atoms with Gasteiger partial charge in [0.2, 0.25) is 5.91 Å². The molecule has 178 valence electrons. The monoisotopic (exact) mass is 481 g/mol. The maximum atomic E-state index is 13.0. The van der Waals surface area contributed by atoms with E-state index in [0.29, 0.717) is 24.3 Å². The molecule has 2 aliphatic heterocycles. The number of ether oxygens (including phenoxy) is 3. The summed E-state index contributed by atoms with van der Waals surface area (Å²) in [6, 6.07) is 12.0. The van der Waals surface area contributed by atoms with Gasteiger partial charge in [0, 0.05) is 6.54 Å². The molecule has 2 aromatic carbocycles. The summed E-state index contributed by atoms with van der Waals surface area (Å²) in [5.41, 5.74) is 3.24. The first-order chi connectivity index (χ1) is 16.6. The summed E-state index contributed by atoms with van der Waals surface area (Å²) in [4.78, 5) is 14.9. The molecule has 0 radical (unpaired) electrons. The van der Waals surface area contributed by atoms with Crippen molar-refractivity contribution in [2.24, 2.45) is 0 Å². The Bertz CT molecular complexity index is 1180. The summed E-state index contributed by atoms with van der Waals surface area (Å²) >= 11 is 1.25. The van der Waals surface area contributed by atoms with E-state index >= 15 is 0 Å². The van der Waals surface area contributed by atoms with Gasteiger partial charge in [-0.05, 0) is 61.6 Å². The minimum Gasteiger partial charge on any atom is -0.486 e. The maximum absolute atomic E-state index is 13.0. The van der Waals surface area contributed by atoms with E-state index in [9.17, 15) is 4.79 Å². The van der Waals surface area contributed by atoms with E-state index < -0.39 is 0 Å². The Labute approximate surface area is 202 Å². The first-order valence-corrected chi connectivity index (χ1v) is 12.4. The van der Waals surface area contributed by atoms with Gasteiger partial charge in [0.1, 0.15) is 19.0 Å². The predicted molar refractivity (Wildman–Crippen MR) is 126 cm³/mol. The second-order valence-corrected chi connectivity index (χ2v) is 9.38. The highest BCUT2D eigenvalue weighted by Crippen LogP contribution is 2.38. The van der Waals surface area contributed by atoms with Crippen molar-refractivity contribution in [3.8, 4) is 17.2 Å². The summed E-state index contributed by atoms with van der Waals surface area (Å²) in [5.74, 6) is 2.97. The van der Waals surface area contributed by atoms with Crippen molar-refractivity contribution >= 4 is 17.7 Å². The minimum atomic E-state index is 0.0353. The van der Waals surface area contributed by atoms with Crippen LogP contribution in [0.3, 0.4) is 0 Å². The molecular weight excluding hydrogens is 454 g/mol. The Kier molecular flexibility index (Phi) is 6.62. The summed E-state index contributed by atoms with van der Waals surface area (Å²) in [6.45, 7) is 6.03. The molecule has 8 nitrogen and oxygen atoms in total. The first kappa shape index (κ1) is 22.6. The van der Waals surface area contributed by atoms with Gasteiger partial charge in [0.25, 0.3) is 11.1 Å². The fourth-order valence-electron chi connectivity index (χ4n) is 4.24. The van der Waals surface area contributed by atoms with Crippen LogP contribution in [0, 0.1) is 13.8 Å². The summed E-state index contributed by atoms with van der Waals surface area (Å²) in [6.07, 6.45) is 1.90. The van der Waals surface area contributed by atoms with Crippen LogP contribution in [0.25, 0.3) is 0 Å². The SMILES string of the molecule is Cc1ccc(C)c(OCc2nnc(SCC(=O)N3CCCC3c3ccc4c(c3)OCCO4)o2)c1. The molecule has 1 amide bonds. The van der Waals surface area contributed by atoms with Gasteiger partial charge in [-0.2, -0.15) is 0 Å². The Morgan fingerprint density at radius 2 is 1.97 bits per heavy atom. The predicted octanol–water partition coefficient (Wildman–Crippen LogP) is 4.49. The lowest BCUT2D eigenvalue weighted by Gasteiger charge is -2.26. The molecule has 0 N–H and O–H groups in total. The molecule has 1 unspecified atom stereocenters. The third-order valence-electron chi connectivity index (χ3n) is 5.99. The van der Waals surface area contributed by atoms with Crippen LogP contribution in [-0.2, 0) is 11.4 Å². The van der Waals surface area contributed by atoms with E-state index in [4.69, 9.17) is 18.6 Å². The molecule has 1 aromatic heterocycles. The fourth-order valence-corrected chi connectivity index (χ4v) is 4.91. The van der Waals surface area contributed by atoms with Gasteiger partial charge < -0.3 is 23.5 Å². The molecule has 0 bridgehead atoms. The van der Waals surface area contributed by atoms with Gasteiger partial charge in [-0.15, -0.1) is 10.2 Å². The maximum Gasteiger partial charge on any atom is 0.277 e. The standard InChI is InChI=1S/C25H27N3O5S/c1-16-5-6-17(2)21(12-16)32-14-23-26-27-25(33-23)34-15-24(29)28-9-3-4-19(28)18-7-8-20-22(13-18)31-11-10-30-20/h5-8,12-13,19H,3-4,9-11,14-15H2,1-2H3. The van der Waals surface area contributed by atoms with Crippen molar-refractivity contribution < 1.29 is 23.4 Å². The quantitative estimate of drug-likeness (QED) is 0.456. The van der Waals surface area contributed by atoms with Crippen molar-refractivity contribution in [1.82, 2.24) is 15.1 Å². The second kappa shape index (κ2) is 9.97. The average Bonchev–Trinajstić information content (AvgIpc) is 3.53. The van der Waals surface area contributed by atoms with Crippen LogP contribution >= 0.6 is 11.8 Å². The molecule has 5 rings (SSSR count). The van der Waals surface area contributed by atoms with Crippen LogP contribution in [0.4, 0.5) is 0 Å². The second-order valence-electron chi connectivity index (χ2n) is 8.46. The number of nitrogens with zero attached hydrogens (tertiary/aromatic N) is 3. The zero-order valence-corrected chi connectivity index (χ0v) is 20.1. The Balaban J connectivity index is 1.17. The number of thioether (sulfide) groups is 1. The molecule has 0 spiro atoms. The van der Waals surface area contributed by atoms with Crippen molar-refractivity contribution in [3.63, 3.8) is 0 Å². The lowest BCUT2D eigenvalue weighted by atomic mass is 10.0. The molecule has 0 aliphatic carbocycles. The third-order valence-corrected chi connectivity index (χ3v) is 6.79. The van der Waals surface area contributed by atoms with E-state index in [1.165, 1.54) is 11.8 Å². The largest absolute Gasteiger partial charge is 0.486 e. The molecule has 1 atom stereocenters. The van der Waals surface area contributed by atoms with Crippen LogP contribution in [-0.4, -0.2) is 46.5 Å². The fraction of sp³-hybridized carbons (Fsp3) is 0.400. The highest BCUT2D eigenvalue weighted by Gasteiger charge is 2.31. The van der Waals surface area contributed by atoms with Crippen LogP contribution in [0.15, 0.2) is 46.0 Å². The zero-order valence-electron chi connectivity index (χ0n) is 19.3. The van der Waals surface area contributed by atoms with Gasteiger partial charge in [0.15, 0.2) is 18.1 Å². The zero-order chi connectivity index (χ0) is 23.5. The summed E-state index contributed by atoms with van der Waals surface area (Å²) in [7, 11) is 0. The smallest absolute Gasteiger partial charge is 0.277 e. The molecule has 3 aromatic rings. The number of amides is 1. The number of carbonyl (C=O) groups excluding carboxylic acids is 1. The molecular formula is C25H27N3O5S. The third kappa shape index (κ3) is 4.99. The molecule has 34 heavy (non-hydrogen) atoms. The van der Waals surface area contributed by atoms with Crippen molar-refractivity contribution in [2.45, 2.75) is 44.6 Å². The highest BCUT2D eigenvalue weighted by molar-refractivity contribution is 7.99. The number of hydrogen-bond donors (Lipinski definition) is 0. The van der Waals surface area contributed by atoms with Gasteiger partial charge in [-0.25, -0.2) is 0 Å². The molecule has 9 heteroatoms. The van der Waals surface area contributed by atoms with E-state index in [-0.39, 0.29) is 24.3 Å². The van der Waals surface area contributed by atoms with Crippen molar-refractivity contribution in [2.75, 3.05) is 25.5 Å². The molecule has 3 heterocycles. The van der Waals surface area contributed by atoms with Crippen LogP contribution < -0.4 is 14.2 Å². The van der Waals surface area contributed by atoms with Gasteiger partial charge in [0.05, 0.1) is 11.8 Å². The van der Waals surface area contributed by atoms with Crippen LogP contribution in [0.1, 0.15) is 41.5 Å². The van der Waals surface area contributed by atoms with E-state index in [2.05, 4.69) is 10.2 Å². The Morgan fingerprint density at radius 3 is 2.85 bits per heavy atom. The van der Waals surface area contributed by atoms with Crippen molar-refractivity contribution in [3.05, 3.63) is 59.0 Å². The topological polar surface area (TPSA) is 86.9 Å².